The summed E-state index contributed by atoms with van der Waals surface area (Å²) in [4.78, 5) is 28.0. The Kier molecular flexibility index (Phi) is 7.15. The smallest absolute Gasteiger partial charge is 0.255 e. The number of hydrogen-bond acceptors (Lipinski definition) is 4. The van der Waals surface area contributed by atoms with Crippen LogP contribution in [-0.4, -0.2) is 44.0 Å². The molecular formula is C24H29FN2O4. The highest BCUT2D eigenvalue weighted by Gasteiger charge is 2.42. The molecule has 2 unspecified atom stereocenters. The molecule has 2 amide bonds. The Balaban J connectivity index is 1.96. The number of halogens is 1. The van der Waals surface area contributed by atoms with Crippen LogP contribution in [0.2, 0.25) is 0 Å². The third kappa shape index (κ3) is 4.65. The maximum absolute atomic E-state index is 13.3. The quantitative estimate of drug-likeness (QED) is 0.612. The summed E-state index contributed by atoms with van der Waals surface area (Å²) in [6.07, 6.45) is 1.81. The second-order valence-corrected chi connectivity index (χ2v) is 7.75. The number of amides is 2. The number of methoxy groups -OCH3 is 2. The number of nitrogens with zero attached hydrogens (tertiary/aromatic N) is 1. The molecule has 0 fully saturated rings. The molecule has 1 N–H and O–H groups in total. The number of benzene rings is 2. The van der Waals surface area contributed by atoms with Gasteiger partial charge in [0.2, 0.25) is 5.91 Å². The van der Waals surface area contributed by atoms with Crippen molar-refractivity contribution in [3.63, 3.8) is 0 Å². The monoisotopic (exact) mass is 428 g/mol. The topological polar surface area (TPSA) is 67.9 Å². The Labute approximate surface area is 182 Å². The van der Waals surface area contributed by atoms with Crippen molar-refractivity contribution >= 4 is 11.8 Å². The Hall–Kier alpha value is -3.09. The van der Waals surface area contributed by atoms with Crippen LogP contribution in [0.15, 0.2) is 36.4 Å². The normalized spacial score (nSPS) is 16.1. The van der Waals surface area contributed by atoms with E-state index in [0.29, 0.717) is 35.7 Å². The van der Waals surface area contributed by atoms with E-state index in [1.54, 1.807) is 29.2 Å². The summed E-state index contributed by atoms with van der Waals surface area (Å²) in [5, 5.41) is 2.95. The van der Waals surface area contributed by atoms with Crippen molar-refractivity contribution in [1.82, 2.24) is 10.2 Å². The molecule has 0 aromatic heterocycles. The SMILES string of the molecule is CCCCNC(=O)C1c2cc(OC)c(OC)cc2C(=O)N1CC(C)c1ccc(F)cc1. The number of carbonyl (C=O) groups excluding carboxylic acids is 2. The van der Waals surface area contributed by atoms with E-state index in [1.165, 1.54) is 26.4 Å². The molecular weight excluding hydrogens is 399 g/mol. The predicted molar refractivity (Wildman–Crippen MR) is 116 cm³/mol. The van der Waals surface area contributed by atoms with Gasteiger partial charge in [-0.1, -0.05) is 32.4 Å². The van der Waals surface area contributed by atoms with Crippen molar-refractivity contribution in [2.75, 3.05) is 27.3 Å². The van der Waals surface area contributed by atoms with Crippen molar-refractivity contribution in [2.24, 2.45) is 0 Å². The first kappa shape index (κ1) is 22.6. The fourth-order valence-electron chi connectivity index (χ4n) is 3.89. The van der Waals surface area contributed by atoms with Gasteiger partial charge in [0.25, 0.3) is 5.91 Å². The van der Waals surface area contributed by atoms with E-state index in [1.807, 2.05) is 13.8 Å². The van der Waals surface area contributed by atoms with E-state index in [2.05, 4.69) is 5.32 Å². The van der Waals surface area contributed by atoms with Gasteiger partial charge in [0.05, 0.1) is 14.2 Å². The second kappa shape index (κ2) is 9.81. The van der Waals surface area contributed by atoms with Crippen molar-refractivity contribution in [3.8, 4) is 11.5 Å². The van der Waals surface area contributed by atoms with Gasteiger partial charge >= 0.3 is 0 Å². The molecule has 166 valence electrons. The summed E-state index contributed by atoms with van der Waals surface area (Å²) in [5.74, 6) is 0.0446. The summed E-state index contributed by atoms with van der Waals surface area (Å²) < 4.78 is 24.1. The average molecular weight is 429 g/mol. The highest BCUT2D eigenvalue weighted by atomic mass is 19.1. The van der Waals surface area contributed by atoms with E-state index < -0.39 is 6.04 Å². The Morgan fingerprint density at radius 3 is 2.42 bits per heavy atom. The first-order chi connectivity index (χ1) is 14.9. The van der Waals surface area contributed by atoms with Crippen LogP contribution in [0, 0.1) is 5.82 Å². The summed E-state index contributed by atoms with van der Waals surface area (Å²) in [5.41, 5.74) is 1.92. The molecule has 3 rings (SSSR count). The summed E-state index contributed by atoms with van der Waals surface area (Å²) in [6, 6.07) is 8.78. The molecule has 0 radical (unpaired) electrons. The lowest BCUT2D eigenvalue weighted by Gasteiger charge is -2.27. The first-order valence-corrected chi connectivity index (χ1v) is 10.5. The Morgan fingerprint density at radius 1 is 1.16 bits per heavy atom. The van der Waals surface area contributed by atoms with E-state index in [4.69, 9.17) is 9.47 Å². The van der Waals surface area contributed by atoms with Gasteiger partial charge in [-0.2, -0.15) is 0 Å². The van der Waals surface area contributed by atoms with Crippen molar-refractivity contribution in [1.29, 1.82) is 0 Å². The van der Waals surface area contributed by atoms with Crippen LogP contribution in [0.1, 0.15) is 60.1 Å². The lowest BCUT2D eigenvalue weighted by molar-refractivity contribution is -0.125. The number of fused-ring (bicyclic) bond motifs is 1. The molecule has 0 bridgehead atoms. The van der Waals surface area contributed by atoms with Crippen LogP contribution in [0.5, 0.6) is 11.5 Å². The van der Waals surface area contributed by atoms with E-state index >= 15 is 0 Å². The molecule has 7 heteroatoms. The molecule has 2 aromatic carbocycles. The molecule has 1 aliphatic rings. The molecule has 6 nitrogen and oxygen atoms in total. The van der Waals surface area contributed by atoms with Crippen LogP contribution in [-0.2, 0) is 4.79 Å². The fourth-order valence-corrected chi connectivity index (χ4v) is 3.89. The summed E-state index contributed by atoms with van der Waals surface area (Å²) >= 11 is 0. The number of ether oxygens (including phenoxy) is 2. The van der Waals surface area contributed by atoms with Crippen molar-refractivity contribution in [2.45, 2.75) is 38.6 Å². The lowest BCUT2D eigenvalue weighted by atomic mass is 9.99. The highest BCUT2D eigenvalue weighted by Crippen LogP contribution is 2.41. The molecule has 0 aliphatic carbocycles. The van der Waals surface area contributed by atoms with Crippen LogP contribution in [0.4, 0.5) is 4.39 Å². The number of nitrogens with one attached hydrogen (secondary N) is 1. The summed E-state index contributed by atoms with van der Waals surface area (Å²) in [7, 11) is 3.03. The number of hydrogen-bond donors (Lipinski definition) is 1. The molecule has 2 aromatic rings. The van der Waals surface area contributed by atoms with Crippen LogP contribution in [0.25, 0.3) is 0 Å². The predicted octanol–water partition coefficient (Wildman–Crippen LogP) is 4.06. The van der Waals surface area contributed by atoms with Crippen LogP contribution in [0.3, 0.4) is 0 Å². The first-order valence-electron chi connectivity index (χ1n) is 10.5. The molecule has 0 saturated heterocycles. The minimum absolute atomic E-state index is 0.0893. The standard InChI is InChI=1S/C24H29FN2O4/c1-5-6-11-26-23(28)22-18-12-20(30-3)21(31-4)13-19(18)24(29)27(22)14-15(2)16-7-9-17(25)10-8-16/h7-10,12-13,15,22H,5-6,11,14H2,1-4H3,(H,26,28). The third-order valence-electron chi connectivity index (χ3n) is 5.64. The minimum Gasteiger partial charge on any atom is -0.493 e. The van der Waals surface area contributed by atoms with Gasteiger partial charge in [-0.25, -0.2) is 4.39 Å². The van der Waals surface area contributed by atoms with Gasteiger partial charge in [0.1, 0.15) is 11.9 Å². The molecule has 31 heavy (non-hydrogen) atoms. The Morgan fingerprint density at radius 2 is 1.81 bits per heavy atom. The zero-order chi connectivity index (χ0) is 22.5. The molecule has 0 saturated carbocycles. The van der Waals surface area contributed by atoms with Crippen LogP contribution < -0.4 is 14.8 Å². The van der Waals surface area contributed by atoms with Gasteiger partial charge in [-0.3, -0.25) is 9.59 Å². The molecule has 0 spiro atoms. The third-order valence-corrected chi connectivity index (χ3v) is 5.64. The number of rotatable bonds is 9. The van der Waals surface area contributed by atoms with Crippen molar-refractivity contribution < 1.29 is 23.5 Å². The lowest BCUT2D eigenvalue weighted by Crippen LogP contribution is -2.41. The zero-order valence-electron chi connectivity index (χ0n) is 18.4. The second-order valence-electron chi connectivity index (χ2n) is 7.75. The van der Waals surface area contributed by atoms with Gasteiger partial charge in [-0.15, -0.1) is 0 Å². The van der Waals surface area contributed by atoms with Gasteiger partial charge < -0.3 is 19.7 Å². The van der Waals surface area contributed by atoms with E-state index in [0.717, 1.165) is 18.4 Å². The maximum Gasteiger partial charge on any atom is 0.255 e. The van der Waals surface area contributed by atoms with E-state index in [-0.39, 0.29) is 23.5 Å². The molecule has 2 atom stereocenters. The van der Waals surface area contributed by atoms with Gasteiger partial charge in [0.15, 0.2) is 11.5 Å². The fraction of sp³-hybridized carbons (Fsp3) is 0.417. The van der Waals surface area contributed by atoms with Crippen LogP contribution >= 0.6 is 0 Å². The minimum atomic E-state index is -0.762. The summed E-state index contributed by atoms with van der Waals surface area (Å²) in [6.45, 7) is 4.87. The van der Waals surface area contributed by atoms with Gasteiger partial charge in [0, 0.05) is 24.2 Å². The van der Waals surface area contributed by atoms with Crippen molar-refractivity contribution in [3.05, 3.63) is 58.9 Å². The largest absolute Gasteiger partial charge is 0.493 e. The number of carbonyl (C=O) groups is 2. The molecule has 1 heterocycles. The highest BCUT2D eigenvalue weighted by molar-refractivity contribution is 6.05. The molecule has 1 aliphatic heterocycles. The number of unbranched alkanes of at least 4 members (excludes halogenated alkanes) is 1. The average Bonchev–Trinajstić information content (AvgIpc) is 3.04. The zero-order valence-corrected chi connectivity index (χ0v) is 18.4. The van der Waals surface area contributed by atoms with E-state index in [9.17, 15) is 14.0 Å². The Bertz CT molecular complexity index is 945. The maximum atomic E-state index is 13.3. The van der Waals surface area contributed by atoms with Gasteiger partial charge in [-0.05, 0) is 42.2 Å².